The second kappa shape index (κ2) is 6.58. The van der Waals surface area contributed by atoms with Gasteiger partial charge >= 0.3 is 0 Å². The maximum Gasteiger partial charge on any atom is 0.228 e. The van der Waals surface area contributed by atoms with Gasteiger partial charge in [-0.15, -0.1) is 0 Å². The monoisotopic (exact) mass is 338 g/mol. The predicted molar refractivity (Wildman–Crippen MR) is 92.7 cm³/mol. The van der Waals surface area contributed by atoms with E-state index >= 15 is 0 Å². The SMILES string of the molecule is Cc1cc(C2CCN(c3ncnc(-c4cccc(F)c4)n3)CC2)n[nH]1. The topological polar surface area (TPSA) is 70.6 Å². The molecule has 1 aliphatic rings. The van der Waals surface area contributed by atoms with Crippen molar-refractivity contribution < 1.29 is 4.39 Å². The zero-order valence-corrected chi connectivity index (χ0v) is 14.0. The van der Waals surface area contributed by atoms with E-state index in [2.05, 4.69) is 36.1 Å². The summed E-state index contributed by atoms with van der Waals surface area (Å²) in [6.45, 7) is 3.75. The summed E-state index contributed by atoms with van der Waals surface area (Å²) in [5, 5.41) is 7.39. The number of aromatic nitrogens is 5. The van der Waals surface area contributed by atoms with Gasteiger partial charge in [0.2, 0.25) is 5.95 Å². The van der Waals surface area contributed by atoms with Crippen molar-refractivity contribution >= 4 is 5.95 Å². The van der Waals surface area contributed by atoms with Crippen molar-refractivity contribution in [3.63, 3.8) is 0 Å². The number of halogens is 1. The van der Waals surface area contributed by atoms with Crippen LogP contribution in [-0.4, -0.2) is 38.2 Å². The smallest absolute Gasteiger partial charge is 0.228 e. The normalized spacial score (nSPS) is 15.5. The highest BCUT2D eigenvalue weighted by molar-refractivity contribution is 5.55. The molecule has 3 aromatic rings. The zero-order chi connectivity index (χ0) is 17.2. The van der Waals surface area contributed by atoms with Gasteiger partial charge in [0, 0.05) is 30.3 Å². The lowest BCUT2D eigenvalue weighted by molar-refractivity contribution is 0.490. The Bertz CT molecular complexity index is 869. The molecule has 7 heteroatoms. The Morgan fingerprint density at radius 1 is 1.16 bits per heavy atom. The van der Waals surface area contributed by atoms with Crippen LogP contribution in [0.15, 0.2) is 36.7 Å². The van der Waals surface area contributed by atoms with Gasteiger partial charge in [0.05, 0.1) is 5.69 Å². The number of aromatic amines is 1. The van der Waals surface area contributed by atoms with Crippen LogP contribution in [0.4, 0.5) is 10.3 Å². The summed E-state index contributed by atoms with van der Waals surface area (Å²) in [5.41, 5.74) is 2.88. The lowest BCUT2D eigenvalue weighted by Gasteiger charge is -2.31. The highest BCUT2D eigenvalue weighted by Gasteiger charge is 2.24. The van der Waals surface area contributed by atoms with Gasteiger partial charge in [0.25, 0.3) is 0 Å². The van der Waals surface area contributed by atoms with Crippen LogP contribution in [0, 0.1) is 12.7 Å². The van der Waals surface area contributed by atoms with Gasteiger partial charge < -0.3 is 4.90 Å². The molecule has 0 radical (unpaired) electrons. The molecule has 1 N–H and O–H groups in total. The molecular formula is C18H19FN6. The van der Waals surface area contributed by atoms with E-state index in [9.17, 15) is 4.39 Å². The molecule has 0 aliphatic carbocycles. The fourth-order valence-corrected chi connectivity index (χ4v) is 3.23. The third-order valence-electron chi connectivity index (χ3n) is 4.56. The van der Waals surface area contributed by atoms with E-state index in [1.165, 1.54) is 18.5 Å². The quantitative estimate of drug-likeness (QED) is 0.795. The van der Waals surface area contributed by atoms with E-state index in [0.717, 1.165) is 37.3 Å². The summed E-state index contributed by atoms with van der Waals surface area (Å²) < 4.78 is 13.4. The second-order valence-electron chi connectivity index (χ2n) is 6.36. The van der Waals surface area contributed by atoms with E-state index in [-0.39, 0.29) is 5.82 Å². The number of aryl methyl sites for hydroxylation is 1. The molecule has 1 aliphatic heterocycles. The summed E-state index contributed by atoms with van der Waals surface area (Å²) >= 11 is 0. The molecule has 0 bridgehead atoms. The van der Waals surface area contributed by atoms with Crippen LogP contribution in [-0.2, 0) is 0 Å². The van der Waals surface area contributed by atoms with E-state index in [0.29, 0.717) is 23.3 Å². The first-order valence-electron chi connectivity index (χ1n) is 8.41. The number of nitrogens with one attached hydrogen (secondary N) is 1. The Hall–Kier alpha value is -2.83. The van der Waals surface area contributed by atoms with Gasteiger partial charge in [0.15, 0.2) is 5.82 Å². The van der Waals surface area contributed by atoms with Crippen LogP contribution in [0.1, 0.15) is 30.1 Å². The van der Waals surface area contributed by atoms with Crippen molar-refractivity contribution in [2.24, 2.45) is 0 Å². The molecule has 1 aromatic carbocycles. The largest absolute Gasteiger partial charge is 0.341 e. The first-order valence-corrected chi connectivity index (χ1v) is 8.41. The minimum Gasteiger partial charge on any atom is -0.341 e. The number of hydrogen-bond donors (Lipinski definition) is 1. The van der Waals surface area contributed by atoms with Crippen molar-refractivity contribution in [1.82, 2.24) is 25.1 Å². The standard InChI is InChI=1S/C18H19FN6/c1-12-9-16(24-23-12)13-5-7-25(8-6-13)18-21-11-20-17(22-18)14-3-2-4-15(19)10-14/h2-4,9-11,13H,5-8H2,1H3,(H,23,24). The van der Waals surface area contributed by atoms with E-state index in [1.54, 1.807) is 12.1 Å². The molecule has 0 unspecified atom stereocenters. The fourth-order valence-electron chi connectivity index (χ4n) is 3.23. The number of piperidine rings is 1. The van der Waals surface area contributed by atoms with Crippen molar-refractivity contribution in [3.8, 4) is 11.4 Å². The summed E-state index contributed by atoms with van der Waals surface area (Å²) in [6.07, 6.45) is 3.50. The van der Waals surface area contributed by atoms with Gasteiger partial charge in [-0.2, -0.15) is 10.1 Å². The summed E-state index contributed by atoms with van der Waals surface area (Å²) in [6, 6.07) is 8.42. The number of hydrogen-bond acceptors (Lipinski definition) is 5. The Balaban J connectivity index is 1.49. The lowest BCUT2D eigenvalue weighted by atomic mass is 9.93. The van der Waals surface area contributed by atoms with Crippen molar-refractivity contribution in [2.45, 2.75) is 25.7 Å². The molecule has 128 valence electrons. The van der Waals surface area contributed by atoms with Crippen LogP contribution in [0.3, 0.4) is 0 Å². The lowest BCUT2D eigenvalue weighted by Crippen LogP contribution is -2.34. The molecule has 1 fully saturated rings. The van der Waals surface area contributed by atoms with Gasteiger partial charge in [-0.05, 0) is 38.0 Å². The molecule has 0 atom stereocenters. The minimum atomic E-state index is -0.297. The van der Waals surface area contributed by atoms with Crippen molar-refractivity contribution in [2.75, 3.05) is 18.0 Å². The summed E-state index contributed by atoms with van der Waals surface area (Å²) in [7, 11) is 0. The number of anilines is 1. The van der Waals surface area contributed by atoms with Gasteiger partial charge in [-0.1, -0.05) is 12.1 Å². The third kappa shape index (κ3) is 3.35. The van der Waals surface area contributed by atoms with Crippen LogP contribution < -0.4 is 4.90 Å². The highest BCUT2D eigenvalue weighted by Crippen LogP contribution is 2.28. The Morgan fingerprint density at radius 2 is 2.00 bits per heavy atom. The molecule has 0 saturated carbocycles. The number of H-pyrrole nitrogens is 1. The zero-order valence-electron chi connectivity index (χ0n) is 14.0. The van der Waals surface area contributed by atoms with Crippen LogP contribution >= 0.6 is 0 Å². The Labute approximate surface area is 145 Å². The molecule has 0 amide bonds. The molecule has 1 saturated heterocycles. The fraction of sp³-hybridized carbons (Fsp3) is 0.333. The predicted octanol–water partition coefficient (Wildman–Crippen LogP) is 3.09. The summed E-state index contributed by atoms with van der Waals surface area (Å²) in [5.74, 6) is 1.31. The van der Waals surface area contributed by atoms with E-state index in [4.69, 9.17) is 0 Å². The Kier molecular flexibility index (Phi) is 4.13. The second-order valence-corrected chi connectivity index (χ2v) is 6.36. The van der Waals surface area contributed by atoms with Gasteiger partial charge in [-0.3, -0.25) is 5.10 Å². The van der Waals surface area contributed by atoms with Gasteiger partial charge in [-0.25, -0.2) is 14.4 Å². The maximum absolute atomic E-state index is 13.4. The Morgan fingerprint density at radius 3 is 2.72 bits per heavy atom. The molecule has 6 nitrogen and oxygen atoms in total. The molecule has 25 heavy (non-hydrogen) atoms. The van der Waals surface area contributed by atoms with E-state index in [1.807, 2.05) is 6.92 Å². The third-order valence-corrected chi connectivity index (χ3v) is 4.56. The molecule has 0 spiro atoms. The minimum absolute atomic E-state index is 0.297. The van der Waals surface area contributed by atoms with Crippen LogP contribution in [0.5, 0.6) is 0 Å². The highest BCUT2D eigenvalue weighted by atomic mass is 19.1. The molecule has 3 heterocycles. The number of rotatable bonds is 3. The summed E-state index contributed by atoms with van der Waals surface area (Å²) in [4.78, 5) is 15.2. The van der Waals surface area contributed by atoms with Crippen molar-refractivity contribution in [3.05, 3.63) is 53.9 Å². The number of benzene rings is 1. The molecular weight excluding hydrogens is 319 g/mol. The molecule has 4 rings (SSSR count). The van der Waals surface area contributed by atoms with E-state index < -0.39 is 0 Å². The van der Waals surface area contributed by atoms with Crippen LogP contribution in [0.25, 0.3) is 11.4 Å². The van der Waals surface area contributed by atoms with Crippen molar-refractivity contribution in [1.29, 1.82) is 0 Å². The first kappa shape index (κ1) is 15.7. The average molecular weight is 338 g/mol. The molecule has 2 aromatic heterocycles. The maximum atomic E-state index is 13.4. The van der Waals surface area contributed by atoms with Crippen LogP contribution in [0.2, 0.25) is 0 Å². The average Bonchev–Trinajstić information content (AvgIpc) is 3.08. The van der Waals surface area contributed by atoms with Gasteiger partial charge in [0.1, 0.15) is 12.1 Å². The first-order chi connectivity index (χ1) is 12.2. The number of nitrogens with zero attached hydrogens (tertiary/aromatic N) is 5.